The molecule has 1 aliphatic heterocycles. The summed E-state index contributed by atoms with van der Waals surface area (Å²) in [5.41, 5.74) is 4.31. The van der Waals surface area contributed by atoms with E-state index in [2.05, 4.69) is 85.8 Å². The van der Waals surface area contributed by atoms with Crippen molar-refractivity contribution in [3.05, 3.63) is 72.8 Å². The summed E-state index contributed by atoms with van der Waals surface area (Å²) in [5, 5.41) is 3.53. The van der Waals surface area contributed by atoms with Crippen molar-refractivity contribution in [2.45, 2.75) is 56.9 Å². The number of nitrogens with one attached hydrogen (secondary N) is 1. The number of piperidine rings is 1. The van der Waals surface area contributed by atoms with Crippen LogP contribution in [-0.2, 0) is 18.6 Å². The Bertz CT molecular complexity index is 877. The monoisotopic (exact) mass is 470 g/mol. The average molecular weight is 471 g/mol. The van der Waals surface area contributed by atoms with E-state index < -0.39 is 0 Å². The quantitative estimate of drug-likeness (QED) is 0.207. The number of hydrogen-bond donors (Lipinski definition) is 1. The van der Waals surface area contributed by atoms with Gasteiger partial charge in [-0.05, 0) is 43.4 Å². The van der Waals surface area contributed by atoms with Gasteiger partial charge in [0, 0.05) is 23.3 Å². The molecule has 1 N–H and O–H groups in total. The van der Waals surface area contributed by atoms with Crippen molar-refractivity contribution in [3.8, 4) is 0 Å². The normalized spacial score (nSPS) is 17.0. The maximum Gasteiger partial charge on any atom is 2.00 e. The van der Waals surface area contributed by atoms with Crippen LogP contribution in [-0.4, -0.2) is 24.7 Å². The molecule has 2 aromatic rings. The summed E-state index contributed by atoms with van der Waals surface area (Å²) in [6.07, 6.45) is 11.9. The molecule has 1 heterocycles. The molecule has 1 saturated heterocycles. The van der Waals surface area contributed by atoms with Gasteiger partial charge in [0.15, 0.2) is 0 Å². The molecular formula is C26H33N3SV. The first-order valence-electron chi connectivity index (χ1n) is 10.9. The van der Waals surface area contributed by atoms with Gasteiger partial charge in [-0.1, -0.05) is 50.9 Å². The zero-order valence-corrected chi connectivity index (χ0v) is 21.1. The predicted molar refractivity (Wildman–Crippen MR) is 133 cm³/mol. The number of unbranched alkanes of at least 4 members (excludes halogenated alkanes) is 1. The third-order valence-corrected chi connectivity index (χ3v) is 6.17. The van der Waals surface area contributed by atoms with Crippen LogP contribution in [0.4, 0.5) is 11.4 Å². The van der Waals surface area contributed by atoms with Crippen molar-refractivity contribution >= 4 is 29.0 Å². The van der Waals surface area contributed by atoms with E-state index in [0.29, 0.717) is 6.04 Å². The summed E-state index contributed by atoms with van der Waals surface area (Å²) in [5.74, 6) is 0.830. The number of aliphatic imine (C=N–C) groups is 1. The molecule has 0 spiro atoms. The SMILES string of the molecule is [CH2-]C1CCCCN1c1[c-]c(C(=N/C=C/CCC)Nc2ccc(SC)cc2)c(C)cc1.[V+2]. The van der Waals surface area contributed by atoms with Gasteiger partial charge in [0.25, 0.3) is 0 Å². The van der Waals surface area contributed by atoms with Gasteiger partial charge in [0.05, 0.1) is 5.84 Å². The molecule has 1 fully saturated rings. The second kappa shape index (κ2) is 13.1. The van der Waals surface area contributed by atoms with E-state index >= 15 is 0 Å². The van der Waals surface area contributed by atoms with Crippen molar-refractivity contribution in [3.63, 3.8) is 0 Å². The summed E-state index contributed by atoms with van der Waals surface area (Å²) >= 11 is 1.75. The molecule has 0 aromatic heterocycles. The Hall–Kier alpha value is -1.62. The number of anilines is 2. The molecule has 1 unspecified atom stereocenters. The summed E-state index contributed by atoms with van der Waals surface area (Å²) in [7, 11) is 0. The fourth-order valence-electron chi connectivity index (χ4n) is 3.63. The van der Waals surface area contributed by atoms with Crippen LogP contribution in [0.3, 0.4) is 0 Å². The maximum absolute atomic E-state index is 4.79. The topological polar surface area (TPSA) is 27.6 Å². The molecule has 3 rings (SSSR count). The molecule has 163 valence electrons. The predicted octanol–water partition coefficient (Wildman–Crippen LogP) is 6.88. The summed E-state index contributed by atoms with van der Waals surface area (Å²) in [6.45, 7) is 9.69. The number of thioether (sulfide) groups is 1. The van der Waals surface area contributed by atoms with Crippen LogP contribution in [0.1, 0.15) is 50.2 Å². The number of nitrogens with zero attached hydrogens (tertiary/aromatic N) is 2. The molecule has 2 aromatic carbocycles. The van der Waals surface area contributed by atoms with E-state index in [9.17, 15) is 0 Å². The Morgan fingerprint density at radius 1 is 1.26 bits per heavy atom. The van der Waals surface area contributed by atoms with Crippen molar-refractivity contribution < 1.29 is 18.6 Å². The van der Waals surface area contributed by atoms with Crippen LogP contribution < -0.4 is 10.2 Å². The molecule has 1 radical (unpaired) electrons. The van der Waals surface area contributed by atoms with Crippen molar-refractivity contribution in [2.24, 2.45) is 4.99 Å². The van der Waals surface area contributed by atoms with Gasteiger partial charge < -0.3 is 17.1 Å². The summed E-state index contributed by atoms with van der Waals surface area (Å²) < 4.78 is 0. The summed E-state index contributed by atoms with van der Waals surface area (Å²) in [6, 6.07) is 16.8. The maximum atomic E-state index is 4.79. The van der Waals surface area contributed by atoms with Gasteiger partial charge >= 0.3 is 18.6 Å². The third kappa shape index (κ3) is 7.20. The smallest absolute Gasteiger partial charge is 0.414 e. The zero-order chi connectivity index (χ0) is 21.3. The first kappa shape index (κ1) is 25.6. The van der Waals surface area contributed by atoms with Crippen LogP contribution in [0.15, 0.2) is 58.6 Å². The first-order valence-corrected chi connectivity index (χ1v) is 12.1. The molecule has 0 amide bonds. The van der Waals surface area contributed by atoms with Crippen LogP contribution >= 0.6 is 11.8 Å². The van der Waals surface area contributed by atoms with E-state index in [1.165, 1.54) is 17.7 Å². The standard InChI is InChI=1S/C26H33N3S.V/c1-5-6-8-17-27-26(28-22-12-15-24(30-4)16-13-22)25-19-23(14-11-20(25)2)29-18-9-7-10-21(29)3;/h8,11-17,21H,3,5-7,9-10,18H2,1-2,4H3,(H,27,28);/q-2;+2/b17-8+;. The minimum Gasteiger partial charge on any atom is -0.414 e. The fourth-order valence-corrected chi connectivity index (χ4v) is 4.03. The van der Waals surface area contributed by atoms with Gasteiger partial charge in [-0.15, -0.1) is 41.1 Å². The van der Waals surface area contributed by atoms with Crippen LogP contribution in [0.2, 0.25) is 0 Å². The fraction of sp³-hybridized carbons (Fsp3) is 0.385. The Morgan fingerprint density at radius 2 is 2.03 bits per heavy atom. The molecule has 31 heavy (non-hydrogen) atoms. The molecule has 0 bridgehead atoms. The largest absolute Gasteiger partial charge is 2.00 e. The Morgan fingerprint density at radius 3 is 2.71 bits per heavy atom. The number of benzene rings is 2. The number of amidine groups is 1. The van der Waals surface area contributed by atoms with Gasteiger partial charge in [-0.3, -0.25) is 4.99 Å². The van der Waals surface area contributed by atoms with Gasteiger partial charge in [0.1, 0.15) is 0 Å². The van der Waals surface area contributed by atoms with E-state index in [1.807, 2.05) is 6.20 Å². The molecule has 3 nitrogen and oxygen atoms in total. The van der Waals surface area contributed by atoms with Gasteiger partial charge in [-0.2, -0.15) is 0 Å². The third-order valence-electron chi connectivity index (χ3n) is 5.43. The van der Waals surface area contributed by atoms with Crippen LogP contribution in [0, 0.1) is 19.9 Å². The first-order chi connectivity index (χ1) is 14.6. The van der Waals surface area contributed by atoms with Crippen molar-refractivity contribution in [1.82, 2.24) is 0 Å². The minimum atomic E-state index is 0. The van der Waals surface area contributed by atoms with E-state index in [-0.39, 0.29) is 18.6 Å². The molecule has 5 heteroatoms. The zero-order valence-electron chi connectivity index (χ0n) is 18.9. The number of allylic oxidation sites excluding steroid dienone is 1. The van der Waals surface area contributed by atoms with Crippen molar-refractivity contribution in [2.75, 3.05) is 23.0 Å². The van der Waals surface area contributed by atoms with Crippen LogP contribution in [0.25, 0.3) is 0 Å². The number of rotatable bonds is 7. The minimum absolute atomic E-state index is 0. The Kier molecular flexibility index (Phi) is 10.8. The Labute approximate surface area is 204 Å². The Balaban J connectivity index is 0.00000341. The van der Waals surface area contributed by atoms with E-state index in [0.717, 1.165) is 54.1 Å². The second-order valence-electron chi connectivity index (χ2n) is 7.75. The van der Waals surface area contributed by atoms with Gasteiger partial charge in [0.2, 0.25) is 0 Å². The van der Waals surface area contributed by atoms with Crippen LogP contribution in [0.5, 0.6) is 0 Å². The molecule has 0 saturated carbocycles. The molecule has 0 aliphatic carbocycles. The van der Waals surface area contributed by atoms with Crippen molar-refractivity contribution in [1.29, 1.82) is 0 Å². The molecular weight excluding hydrogens is 437 g/mol. The number of hydrogen-bond acceptors (Lipinski definition) is 3. The van der Waals surface area contributed by atoms with Gasteiger partial charge in [-0.25, -0.2) is 0 Å². The number of aryl methyl sites for hydroxylation is 1. The second-order valence-corrected chi connectivity index (χ2v) is 8.63. The van der Waals surface area contributed by atoms with E-state index in [1.54, 1.807) is 11.8 Å². The molecule has 1 aliphatic rings. The summed E-state index contributed by atoms with van der Waals surface area (Å²) in [4.78, 5) is 8.42. The average Bonchev–Trinajstić information content (AvgIpc) is 2.77. The van der Waals surface area contributed by atoms with E-state index in [4.69, 9.17) is 4.99 Å². The molecule has 1 atom stereocenters.